The second kappa shape index (κ2) is 6.37. The highest BCUT2D eigenvalue weighted by molar-refractivity contribution is 7.92. The summed E-state index contributed by atoms with van der Waals surface area (Å²) >= 11 is 1.61. The zero-order valence-electron chi connectivity index (χ0n) is 13.7. The summed E-state index contributed by atoms with van der Waals surface area (Å²) in [5.41, 5.74) is 5.99. The molecule has 0 spiro atoms. The summed E-state index contributed by atoms with van der Waals surface area (Å²) in [6.07, 6.45) is 1.14. The van der Waals surface area contributed by atoms with E-state index >= 15 is 0 Å². The smallest absolute Gasteiger partial charge is 0.229 e. The Labute approximate surface area is 146 Å². The molecule has 0 aliphatic heterocycles. The summed E-state index contributed by atoms with van der Waals surface area (Å²) in [5.74, 6) is 0. The molecule has 3 rings (SSSR count). The van der Waals surface area contributed by atoms with Crippen LogP contribution in [0.25, 0.3) is 21.8 Å². The van der Waals surface area contributed by atoms with Crippen molar-refractivity contribution in [2.75, 3.05) is 11.0 Å². The topological polar surface area (TPSA) is 59.1 Å². The Bertz CT molecular complexity index is 975. The largest absolute Gasteiger partial charge is 0.284 e. The summed E-state index contributed by atoms with van der Waals surface area (Å²) in [6.45, 7) is 4.17. The van der Waals surface area contributed by atoms with Crippen LogP contribution in [0.2, 0.25) is 0 Å². The van der Waals surface area contributed by atoms with Crippen molar-refractivity contribution in [2.24, 2.45) is 0 Å². The van der Waals surface area contributed by atoms with Gasteiger partial charge in [0.05, 0.1) is 11.9 Å². The summed E-state index contributed by atoms with van der Waals surface area (Å²) in [4.78, 5) is 4.73. The van der Waals surface area contributed by atoms with E-state index in [4.69, 9.17) is 4.98 Å². The summed E-state index contributed by atoms with van der Waals surface area (Å²) in [6, 6.07) is 13.6. The van der Waals surface area contributed by atoms with Gasteiger partial charge in [-0.05, 0) is 31.5 Å². The van der Waals surface area contributed by atoms with E-state index in [1.807, 2.05) is 17.5 Å². The number of anilines is 1. The molecule has 0 saturated heterocycles. The molecule has 0 unspecified atom stereocenters. The fraction of sp³-hybridized carbons (Fsp3) is 0.167. The number of nitrogens with one attached hydrogen (secondary N) is 1. The number of aryl methyl sites for hydroxylation is 2. The van der Waals surface area contributed by atoms with Gasteiger partial charge in [-0.3, -0.25) is 4.72 Å². The standard InChI is InChI=1S/C18H18N2O2S2/c1-12-4-9-16(13(2)10-12)18-19-17(11-23-18)14-5-7-15(8-6-14)20-24(3,21)22/h4-11,20H,1-3H3. The maximum Gasteiger partial charge on any atom is 0.229 e. The molecular weight excluding hydrogens is 340 g/mol. The zero-order chi connectivity index (χ0) is 17.3. The van der Waals surface area contributed by atoms with Gasteiger partial charge < -0.3 is 0 Å². The first-order valence-electron chi connectivity index (χ1n) is 7.43. The van der Waals surface area contributed by atoms with Crippen LogP contribution in [-0.2, 0) is 10.0 Å². The lowest BCUT2D eigenvalue weighted by atomic mass is 10.1. The van der Waals surface area contributed by atoms with Gasteiger partial charge in [0, 0.05) is 22.2 Å². The van der Waals surface area contributed by atoms with E-state index < -0.39 is 10.0 Å². The highest BCUT2D eigenvalue weighted by Crippen LogP contribution is 2.31. The van der Waals surface area contributed by atoms with E-state index in [-0.39, 0.29) is 0 Å². The van der Waals surface area contributed by atoms with Crippen LogP contribution >= 0.6 is 11.3 Å². The van der Waals surface area contributed by atoms with E-state index in [1.54, 1.807) is 23.5 Å². The van der Waals surface area contributed by atoms with E-state index in [2.05, 4.69) is 36.8 Å². The number of nitrogens with zero attached hydrogens (tertiary/aromatic N) is 1. The highest BCUT2D eigenvalue weighted by atomic mass is 32.2. The van der Waals surface area contributed by atoms with E-state index in [0.29, 0.717) is 5.69 Å². The molecular formula is C18H18N2O2S2. The Hall–Kier alpha value is -2.18. The van der Waals surface area contributed by atoms with E-state index in [1.165, 1.54) is 11.1 Å². The molecule has 6 heteroatoms. The molecule has 0 aliphatic rings. The monoisotopic (exact) mass is 358 g/mol. The van der Waals surface area contributed by atoms with Gasteiger partial charge in [-0.2, -0.15) is 0 Å². The molecule has 3 aromatic rings. The number of rotatable bonds is 4. The van der Waals surface area contributed by atoms with Crippen molar-refractivity contribution < 1.29 is 8.42 Å². The van der Waals surface area contributed by atoms with Crippen LogP contribution in [0, 0.1) is 13.8 Å². The number of benzene rings is 2. The molecule has 0 aliphatic carbocycles. The first-order chi connectivity index (χ1) is 11.3. The Kier molecular flexibility index (Phi) is 4.43. The first-order valence-corrected chi connectivity index (χ1v) is 10.2. The van der Waals surface area contributed by atoms with Gasteiger partial charge >= 0.3 is 0 Å². The number of aromatic nitrogens is 1. The van der Waals surface area contributed by atoms with Crippen LogP contribution in [0.1, 0.15) is 11.1 Å². The Morgan fingerprint density at radius 2 is 1.75 bits per heavy atom. The fourth-order valence-corrected chi connectivity index (χ4v) is 3.99. The predicted octanol–water partition coefficient (Wildman–Crippen LogP) is 4.47. The Balaban J connectivity index is 1.88. The Morgan fingerprint density at radius 1 is 1.04 bits per heavy atom. The molecule has 0 fully saturated rings. The van der Waals surface area contributed by atoms with Gasteiger partial charge in [-0.15, -0.1) is 11.3 Å². The molecule has 1 aromatic heterocycles. The van der Waals surface area contributed by atoms with Gasteiger partial charge in [0.25, 0.3) is 0 Å². The van der Waals surface area contributed by atoms with Crippen LogP contribution in [0.15, 0.2) is 47.8 Å². The fourth-order valence-electron chi connectivity index (χ4n) is 2.51. The number of sulfonamides is 1. The molecule has 1 heterocycles. The average molecular weight is 358 g/mol. The molecule has 1 N–H and O–H groups in total. The van der Waals surface area contributed by atoms with Gasteiger partial charge in [-0.25, -0.2) is 13.4 Å². The van der Waals surface area contributed by atoms with Crippen LogP contribution < -0.4 is 4.72 Å². The maximum atomic E-state index is 11.2. The van der Waals surface area contributed by atoms with Crippen LogP contribution in [0.5, 0.6) is 0 Å². The SMILES string of the molecule is Cc1ccc(-c2nc(-c3ccc(NS(C)(=O)=O)cc3)cs2)c(C)c1. The van der Waals surface area contributed by atoms with Crippen molar-refractivity contribution in [2.45, 2.75) is 13.8 Å². The molecule has 2 aromatic carbocycles. The second-order valence-corrected chi connectivity index (χ2v) is 8.41. The second-order valence-electron chi connectivity index (χ2n) is 5.81. The lowest BCUT2D eigenvalue weighted by Crippen LogP contribution is -2.09. The van der Waals surface area contributed by atoms with Crippen molar-refractivity contribution in [3.8, 4) is 21.8 Å². The van der Waals surface area contributed by atoms with Crippen molar-refractivity contribution >= 4 is 27.0 Å². The van der Waals surface area contributed by atoms with Crippen LogP contribution in [0.3, 0.4) is 0 Å². The minimum atomic E-state index is -3.26. The van der Waals surface area contributed by atoms with E-state index in [9.17, 15) is 8.42 Å². The third-order valence-corrected chi connectivity index (χ3v) is 5.08. The number of hydrogen-bond acceptors (Lipinski definition) is 4. The molecule has 24 heavy (non-hydrogen) atoms. The lowest BCUT2D eigenvalue weighted by molar-refractivity contribution is 0.607. The molecule has 4 nitrogen and oxygen atoms in total. The highest BCUT2D eigenvalue weighted by Gasteiger charge is 2.09. The normalized spacial score (nSPS) is 11.5. The van der Waals surface area contributed by atoms with E-state index in [0.717, 1.165) is 28.1 Å². The first kappa shape index (κ1) is 16.7. The predicted molar refractivity (Wildman–Crippen MR) is 101 cm³/mol. The summed E-state index contributed by atoms with van der Waals surface area (Å²) < 4.78 is 25.0. The van der Waals surface area contributed by atoms with Crippen molar-refractivity contribution in [3.05, 3.63) is 59.0 Å². The van der Waals surface area contributed by atoms with Crippen molar-refractivity contribution in [1.29, 1.82) is 0 Å². The number of thiazole rings is 1. The van der Waals surface area contributed by atoms with Gasteiger partial charge in [0.1, 0.15) is 5.01 Å². The summed E-state index contributed by atoms with van der Waals surface area (Å²) in [7, 11) is -3.26. The molecule has 0 amide bonds. The van der Waals surface area contributed by atoms with Crippen LogP contribution in [-0.4, -0.2) is 19.7 Å². The lowest BCUT2D eigenvalue weighted by Gasteiger charge is -2.05. The van der Waals surface area contributed by atoms with Crippen molar-refractivity contribution in [1.82, 2.24) is 4.98 Å². The minimum Gasteiger partial charge on any atom is -0.284 e. The van der Waals surface area contributed by atoms with Crippen LogP contribution in [0.4, 0.5) is 5.69 Å². The third kappa shape index (κ3) is 3.83. The molecule has 0 saturated carbocycles. The molecule has 0 bridgehead atoms. The third-order valence-electron chi connectivity index (χ3n) is 3.60. The maximum absolute atomic E-state index is 11.2. The zero-order valence-corrected chi connectivity index (χ0v) is 15.3. The minimum absolute atomic E-state index is 0.547. The molecule has 0 radical (unpaired) electrons. The van der Waals surface area contributed by atoms with Gasteiger partial charge in [0.2, 0.25) is 10.0 Å². The summed E-state index contributed by atoms with van der Waals surface area (Å²) in [5, 5.41) is 3.01. The Morgan fingerprint density at radius 3 is 2.38 bits per heavy atom. The average Bonchev–Trinajstić information content (AvgIpc) is 2.96. The van der Waals surface area contributed by atoms with Crippen molar-refractivity contribution in [3.63, 3.8) is 0 Å². The molecule has 124 valence electrons. The van der Waals surface area contributed by atoms with Gasteiger partial charge in [-0.1, -0.05) is 35.9 Å². The van der Waals surface area contributed by atoms with Gasteiger partial charge in [0.15, 0.2) is 0 Å². The quantitative estimate of drug-likeness (QED) is 0.749. The number of hydrogen-bond donors (Lipinski definition) is 1. The molecule has 0 atom stereocenters.